The summed E-state index contributed by atoms with van der Waals surface area (Å²) in [4.78, 5) is 12.6. The lowest BCUT2D eigenvalue weighted by molar-refractivity contribution is -0.121. The van der Waals surface area contributed by atoms with E-state index in [-0.39, 0.29) is 11.3 Å². The molecule has 0 aliphatic rings. The van der Waals surface area contributed by atoms with Gasteiger partial charge in [-0.3, -0.25) is 4.79 Å². The Labute approximate surface area is 187 Å². The molecular formula is C23H22ClN3O3S. The number of sulfonamides is 1. The fourth-order valence-corrected chi connectivity index (χ4v) is 4.28. The Morgan fingerprint density at radius 1 is 1.00 bits per heavy atom. The minimum absolute atomic E-state index is 0.130. The Hall–Kier alpha value is -3.00. The maximum absolute atomic E-state index is 12.9. The van der Waals surface area contributed by atoms with Gasteiger partial charge in [0, 0.05) is 17.0 Å². The lowest BCUT2D eigenvalue weighted by Gasteiger charge is -2.18. The maximum atomic E-state index is 12.9. The third-order valence-electron chi connectivity index (χ3n) is 4.52. The topological polar surface area (TPSA) is 87.6 Å². The van der Waals surface area contributed by atoms with Gasteiger partial charge in [-0.15, -0.1) is 0 Å². The van der Waals surface area contributed by atoms with Crippen LogP contribution >= 0.6 is 11.6 Å². The van der Waals surface area contributed by atoms with E-state index in [1.807, 2.05) is 13.0 Å². The number of nitrogens with zero attached hydrogens (tertiary/aromatic N) is 1. The molecule has 0 saturated heterocycles. The van der Waals surface area contributed by atoms with Crippen molar-refractivity contribution in [3.63, 3.8) is 0 Å². The lowest BCUT2D eigenvalue weighted by Crippen LogP contribution is -2.32. The van der Waals surface area contributed by atoms with Crippen molar-refractivity contribution in [2.75, 3.05) is 0 Å². The zero-order valence-corrected chi connectivity index (χ0v) is 18.4. The minimum Gasteiger partial charge on any atom is -0.273 e. The molecule has 2 N–H and O–H groups in total. The summed E-state index contributed by atoms with van der Waals surface area (Å²) in [6.07, 6.45) is 1.31. The average molecular weight is 456 g/mol. The highest BCUT2D eigenvalue weighted by Crippen LogP contribution is 2.21. The fourth-order valence-electron chi connectivity index (χ4n) is 2.87. The van der Waals surface area contributed by atoms with E-state index in [0.717, 1.165) is 5.56 Å². The minimum atomic E-state index is -3.83. The number of rotatable bonds is 8. The number of hydrazone groups is 1. The zero-order valence-electron chi connectivity index (χ0n) is 16.8. The molecule has 8 heteroatoms. The number of carbonyl (C=O) groups is 1. The van der Waals surface area contributed by atoms with Crippen LogP contribution in [0, 0.1) is 6.92 Å². The van der Waals surface area contributed by atoms with Crippen molar-refractivity contribution in [3.8, 4) is 0 Å². The quantitative estimate of drug-likeness (QED) is 0.394. The summed E-state index contributed by atoms with van der Waals surface area (Å²) < 4.78 is 28.3. The molecule has 0 spiro atoms. The van der Waals surface area contributed by atoms with E-state index in [4.69, 9.17) is 11.6 Å². The Morgan fingerprint density at radius 3 is 2.32 bits per heavy atom. The summed E-state index contributed by atoms with van der Waals surface area (Å²) in [5, 5.41) is 4.44. The second-order valence-corrected chi connectivity index (χ2v) is 9.04. The van der Waals surface area contributed by atoms with Gasteiger partial charge in [0.1, 0.15) is 0 Å². The summed E-state index contributed by atoms with van der Waals surface area (Å²) in [5.74, 6) is -0.441. The van der Waals surface area contributed by atoms with Crippen LogP contribution in [-0.4, -0.2) is 20.5 Å². The number of aryl methyl sites for hydroxylation is 1. The van der Waals surface area contributed by atoms with Gasteiger partial charge in [0.05, 0.1) is 17.2 Å². The van der Waals surface area contributed by atoms with Crippen molar-refractivity contribution >= 4 is 33.7 Å². The molecule has 0 aliphatic carbocycles. The van der Waals surface area contributed by atoms with Gasteiger partial charge in [-0.25, -0.2) is 18.6 Å². The first kappa shape index (κ1) is 22.7. The van der Waals surface area contributed by atoms with Crippen molar-refractivity contribution in [1.29, 1.82) is 0 Å². The van der Waals surface area contributed by atoms with Gasteiger partial charge in [0.2, 0.25) is 15.9 Å². The van der Waals surface area contributed by atoms with Crippen molar-refractivity contribution < 1.29 is 13.2 Å². The number of nitrogens with one attached hydrogen (secondary N) is 2. The van der Waals surface area contributed by atoms with Gasteiger partial charge >= 0.3 is 0 Å². The fraction of sp³-hybridized carbons (Fsp3) is 0.130. The van der Waals surface area contributed by atoms with Crippen LogP contribution in [0.5, 0.6) is 0 Å². The standard InChI is InChI=1S/C23H22ClN3O3S/c1-17-11-13-20(14-12-17)31(29,30)27-22(18-7-3-2-4-8-18)15-23(28)26-25-16-19-9-5-6-10-21(19)24/h2-14,16,22,27H,15H2,1H3,(H,26,28)/b25-16-/t22-/m0/s1. The van der Waals surface area contributed by atoms with Gasteiger partial charge in [0.25, 0.3) is 0 Å². The van der Waals surface area contributed by atoms with Crippen molar-refractivity contribution in [3.05, 3.63) is 101 Å². The van der Waals surface area contributed by atoms with Gasteiger partial charge in [-0.2, -0.15) is 5.10 Å². The van der Waals surface area contributed by atoms with Gasteiger partial charge in [0.15, 0.2) is 0 Å². The van der Waals surface area contributed by atoms with Gasteiger partial charge < -0.3 is 0 Å². The summed E-state index contributed by atoms with van der Waals surface area (Å²) in [7, 11) is -3.83. The first-order valence-corrected chi connectivity index (χ1v) is 11.4. The Kier molecular flexibility index (Phi) is 7.57. The van der Waals surface area contributed by atoms with E-state index < -0.39 is 22.0 Å². The molecule has 0 bridgehead atoms. The van der Waals surface area contributed by atoms with Crippen LogP contribution in [0.4, 0.5) is 0 Å². The van der Waals surface area contributed by atoms with E-state index >= 15 is 0 Å². The largest absolute Gasteiger partial charge is 0.273 e. The summed E-state index contributed by atoms with van der Waals surface area (Å²) in [6, 6.07) is 21.8. The molecule has 0 saturated carbocycles. The molecule has 0 fully saturated rings. The number of carbonyl (C=O) groups excluding carboxylic acids is 1. The highest BCUT2D eigenvalue weighted by atomic mass is 35.5. The Bertz CT molecular complexity index is 1160. The third-order valence-corrected chi connectivity index (χ3v) is 6.35. The number of hydrogen-bond donors (Lipinski definition) is 2. The third kappa shape index (κ3) is 6.49. The molecule has 0 aliphatic heterocycles. The van der Waals surface area contributed by atoms with Crippen LogP contribution in [0.25, 0.3) is 0 Å². The normalized spacial score (nSPS) is 12.6. The first-order chi connectivity index (χ1) is 14.8. The van der Waals surface area contributed by atoms with Crippen LogP contribution in [0.1, 0.15) is 29.2 Å². The second-order valence-electron chi connectivity index (χ2n) is 6.92. The number of amides is 1. The van der Waals surface area contributed by atoms with E-state index in [9.17, 15) is 13.2 Å². The van der Waals surface area contributed by atoms with E-state index in [2.05, 4.69) is 15.2 Å². The Balaban J connectivity index is 1.74. The SMILES string of the molecule is Cc1ccc(S(=O)(=O)N[C@@H](CC(=O)N/N=C\c2ccccc2Cl)c2ccccc2)cc1. The Morgan fingerprint density at radius 2 is 1.65 bits per heavy atom. The van der Waals surface area contributed by atoms with Crippen LogP contribution in [0.2, 0.25) is 5.02 Å². The van der Waals surface area contributed by atoms with E-state index in [0.29, 0.717) is 16.1 Å². The van der Waals surface area contributed by atoms with Gasteiger partial charge in [-0.05, 0) is 30.7 Å². The summed E-state index contributed by atoms with van der Waals surface area (Å²) >= 11 is 6.06. The first-order valence-electron chi connectivity index (χ1n) is 9.55. The van der Waals surface area contributed by atoms with Gasteiger partial charge in [-0.1, -0.05) is 77.8 Å². The predicted molar refractivity (Wildman–Crippen MR) is 122 cm³/mol. The molecule has 3 aromatic carbocycles. The second kappa shape index (κ2) is 10.3. The highest BCUT2D eigenvalue weighted by molar-refractivity contribution is 7.89. The number of hydrogen-bond acceptors (Lipinski definition) is 4. The van der Waals surface area contributed by atoms with E-state index in [1.54, 1.807) is 60.7 Å². The lowest BCUT2D eigenvalue weighted by atomic mass is 10.0. The average Bonchev–Trinajstić information content (AvgIpc) is 2.75. The summed E-state index contributed by atoms with van der Waals surface area (Å²) in [5.41, 5.74) is 4.71. The molecule has 31 heavy (non-hydrogen) atoms. The molecule has 3 aromatic rings. The van der Waals surface area contributed by atoms with Crippen LogP contribution in [0.3, 0.4) is 0 Å². The van der Waals surface area contributed by atoms with Crippen LogP contribution < -0.4 is 10.1 Å². The van der Waals surface area contributed by atoms with Crippen LogP contribution in [-0.2, 0) is 14.8 Å². The smallest absolute Gasteiger partial charge is 0.242 e. The van der Waals surface area contributed by atoms with Crippen molar-refractivity contribution in [2.24, 2.45) is 5.10 Å². The van der Waals surface area contributed by atoms with Crippen LogP contribution in [0.15, 0.2) is 88.9 Å². The molecule has 1 atom stereocenters. The molecule has 3 rings (SSSR count). The zero-order chi connectivity index (χ0) is 22.3. The number of benzene rings is 3. The summed E-state index contributed by atoms with van der Waals surface area (Å²) in [6.45, 7) is 1.88. The van der Waals surface area contributed by atoms with Crippen molar-refractivity contribution in [2.45, 2.75) is 24.3 Å². The molecule has 0 heterocycles. The predicted octanol–water partition coefficient (Wildman–Crippen LogP) is 4.21. The molecule has 160 valence electrons. The maximum Gasteiger partial charge on any atom is 0.242 e. The molecule has 0 radical (unpaired) electrons. The van der Waals surface area contributed by atoms with E-state index in [1.165, 1.54) is 18.3 Å². The molecule has 6 nitrogen and oxygen atoms in total. The molecule has 0 unspecified atom stereocenters. The molecule has 0 aromatic heterocycles. The monoisotopic (exact) mass is 455 g/mol. The highest BCUT2D eigenvalue weighted by Gasteiger charge is 2.23. The number of halogens is 1. The molecule has 1 amide bonds. The van der Waals surface area contributed by atoms with Crippen molar-refractivity contribution in [1.82, 2.24) is 10.1 Å². The molecular weight excluding hydrogens is 434 g/mol.